The number of nitro benzene ring substituents is 1. The van der Waals surface area contributed by atoms with Crippen LogP contribution in [0.4, 0.5) is 5.69 Å². The maximum atomic E-state index is 11.0. The molecule has 0 aliphatic heterocycles. The third-order valence-electron chi connectivity index (χ3n) is 3.04. The van der Waals surface area contributed by atoms with E-state index < -0.39 is 11.5 Å². The Kier molecular flexibility index (Phi) is 7.49. The highest BCUT2D eigenvalue weighted by Crippen LogP contribution is 2.34. The molecule has 0 aliphatic rings. The van der Waals surface area contributed by atoms with Crippen LogP contribution in [0.5, 0.6) is 11.5 Å². The number of benzene rings is 1. The number of ether oxygens (including phenoxy) is 2. The van der Waals surface area contributed by atoms with Gasteiger partial charge in [-0.05, 0) is 25.3 Å². The highest BCUT2D eigenvalue weighted by Gasteiger charge is 2.19. The standard InChI is InChI=1S/C14H21NO6/c1-20-13-8-11(10-17)12(15(18)19)9-14(13)21-7-5-3-2-4-6-16/h8-9,16-17H,2-7,10H2,1H3. The van der Waals surface area contributed by atoms with Gasteiger partial charge in [-0.2, -0.15) is 0 Å². The Morgan fingerprint density at radius 3 is 2.43 bits per heavy atom. The average molecular weight is 299 g/mol. The summed E-state index contributed by atoms with van der Waals surface area (Å²) >= 11 is 0. The maximum Gasteiger partial charge on any atom is 0.278 e. The van der Waals surface area contributed by atoms with Crippen molar-refractivity contribution in [2.45, 2.75) is 32.3 Å². The third-order valence-corrected chi connectivity index (χ3v) is 3.04. The largest absolute Gasteiger partial charge is 0.493 e. The molecular formula is C14H21NO6. The van der Waals surface area contributed by atoms with Gasteiger partial charge in [0.1, 0.15) is 0 Å². The van der Waals surface area contributed by atoms with Gasteiger partial charge in [0.25, 0.3) is 5.69 Å². The molecule has 0 fully saturated rings. The third kappa shape index (κ3) is 5.20. The second-order valence-electron chi connectivity index (χ2n) is 4.53. The molecule has 0 spiro atoms. The summed E-state index contributed by atoms with van der Waals surface area (Å²) in [6.45, 7) is 0.162. The van der Waals surface area contributed by atoms with Gasteiger partial charge in [-0.1, -0.05) is 6.42 Å². The number of aliphatic hydroxyl groups excluding tert-OH is 2. The Morgan fingerprint density at radius 1 is 1.14 bits per heavy atom. The molecule has 1 rings (SSSR count). The lowest BCUT2D eigenvalue weighted by Gasteiger charge is -2.12. The zero-order chi connectivity index (χ0) is 15.7. The van der Waals surface area contributed by atoms with Crippen LogP contribution in [0.3, 0.4) is 0 Å². The van der Waals surface area contributed by atoms with Crippen LogP contribution < -0.4 is 9.47 Å². The SMILES string of the molecule is COc1cc(CO)c([N+](=O)[O-])cc1OCCCCCCO. The van der Waals surface area contributed by atoms with Crippen LogP contribution in [0.25, 0.3) is 0 Å². The van der Waals surface area contributed by atoms with Crippen molar-refractivity contribution in [3.8, 4) is 11.5 Å². The summed E-state index contributed by atoms with van der Waals surface area (Å²) in [6.07, 6.45) is 3.39. The molecule has 0 saturated carbocycles. The van der Waals surface area contributed by atoms with Crippen molar-refractivity contribution in [2.24, 2.45) is 0 Å². The van der Waals surface area contributed by atoms with Crippen molar-refractivity contribution in [2.75, 3.05) is 20.3 Å². The van der Waals surface area contributed by atoms with Gasteiger partial charge in [0, 0.05) is 6.61 Å². The number of methoxy groups -OCH3 is 1. The van der Waals surface area contributed by atoms with Gasteiger partial charge in [0.15, 0.2) is 11.5 Å². The fourth-order valence-corrected chi connectivity index (χ4v) is 1.91. The van der Waals surface area contributed by atoms with Gasteiger partial charge in [-0.3, -0.25) is 10.1 Å². The molecule has 0 radical (unpaired) electrons. The average Bonchev–Trinajstić information content (AvgIpc) is 2.49. The molecule has 1 aromatic carbocycles. The zero-order valence-corrected chi connectivity index (χ0v) is 12.1. The van der Waals surface area contributed by atoms with E-state index in [0.717, 1.165) is 25.7 Å². The molecule has 0 atom stereocenters. The summed E-state index contributed by atoms with van der Waals surface area (Å²) in [5, 5.41) is 28.8. The molecule has 7 nitrogen and oxygen atoms in total. The highest BCUT2D eigenvalue weighted by molar-refractivity contribution is 5.54. The Hall–Kier alpha value is -1.86. The Labute approximate surface area is 123 Å². The van der Waals surface area contributed by atoms with Gasteiger partial charge in [0.2, 0.25) is 0 Å². The van der Waals surface area contributed by atoms with E-state index in [-0.39, 0.29) is 17.9 Å². The van der Waals surface area contributed by atoms with Crippen LogP contribution in [-0.4, -0.2) is 35.5 Å². The first-order valence-electron chi connectivity index (χ1n) is 6.83. The minimum absolute atomic E-state index is 0.184. The van der Waals surface area contributed by atoms with E-state index >= 15 is 0 Å². The molecule has 21 heavy (non-hydrogen) atoms. The second-order valence-corrected chi connectivity index (χ2v) is 4.53. The summed E-state index contributed by atoms with van der Waals surface area (Å²) in [6, 6.07) is 2.69. The number of unbranched alkanes of at least 4 members (excludes halogenated alkanes) is 3. The van der Waals surface area contributed by atoms with Crippen molar-refractivity contribution in [1.82, 2.24) is 0 Å². The first-order chi connectivity index (χ1) is 10.1. The topological polar surface area (TPSA) is 102 Å². The number of nitro groups is 1. The van der Waals surface area contributed by atoms with Crippen LogP contribution in [-0.2, 0) is 6.61 Å². The molecular weight excluding hydrogens is 278 g/mol. The van der Waals surface area contributed by atoms with Gasteiger partial charge in [0.05, 0.1) is 36.9 Å². The number of hydrogen-bond donors (Lipinski definition) is 2. The molecule has 7 heteroatoms. The molecule has 0 heterocycles. The van der Waals surface area contributed by atoms with E-state index in [1.165, 1.54) is 19.2 Å². The van der Waals surface area contributed by atoms with Crippen LogP contribution in [0.15, 0.2) is 12.1 Å². The van der Waals surface area contributed by atoms with E-state index in [2.05, 4.69) is 0 Å². The van der Waals surface area contributed by atoms with Crippen molar-refractivity contribution in [1.29, 1.82) is 0 Å². The first-order valence-corrected chi connectivity index (χ1v) is 6.83. The molecule has 1 aromatic rings. The van der Waals surface area contributed by atoms with Gasteiger partial charge < -0.3 is 19.7 Å². The number of hydrogen-bond acceptors (Lipinski definition) is 6. The summed E-state index contributed by atoms with van der Waals surface area (Å²) in [5.41, 5.74) is 0.000673. The first kappa shape index (κ1) is 17.2. The predicted molar refractivity (Wildman–Crippen MR) is 76.6 cm³/mol. The van der Waals surface area contributed by atoms with Crippen molar-refractivity contribution < 1.29 is 24.6 Å². The summed E-state index contributed by atoms with van der Waals surface area (Å²) in [7, 11) is 1.44. The van der Waals surface area contributed by atoms with Crippen LogP contribution in [0.1, 0.15) is 31.2 Å². The lowest BCUT2D eigenvalue weighted by molar-refractivity contribution is -0.385. The predicted octanol–water partition coefficient (Wildman–Crippen LogP) is 2.03. The minimum Gasteiger partial charge on any atom is -0.493 e. The summed E-state index contributed by atoms with van der Waals surface area (Å²) in [4.78, 5) is 10.4. The maximum absolute atomic E-state index is 11.0. The van der Waals surface area contributed by atoms with Crippen molar-refractivity contribution in [3.63, 3.8) is 0 Å². The number of aliphatic hydroxyl groups is 2. The lowest BCUT2D eigenvalue weighted by atomic mass is 10.1. The molecule has 0 bridgehead atoms. The van der Waals surface area contributed by atoms with Crippen LogP contribution in [0.2, 0.25) is 0 Å². The molecule has 0 amide bonds. The second kappa shape index (κ2) is 9.15. The summed E-state index contributed by atoms with van der Waals surface area (Å²) < 4.78 is 10.7. The molecule has 0 aromatic heterocycles. The molecule has 0 unspecified atom stereocenters. The zero-order valence-electron chi connectivity index (χ0n) is 12.1. The molecule has 0 aliphatic carbocycles. The fraction of sp³-hybridized carbons (Fsp3) is 0.571. The van der Waals surface area contributed by atoms with E-state index in [0.29, 0.717) is 18.1 Å². The lowest BCUT2D eigenvalue weighted by Crippen LogP contribution is -2.03. The molecule has 2 N–H and O–H groups in total. The van der Waals surface area contributed by atoms with E-state index in [4.69, 9.17) is 19.7 Å². The number of rotatable bonds is 10. The number of nitrogens with zero attached hydrogens (tertiary/aromatic N) is 1. The molecule has 118 valence electrons. The quantitative estimate of drug-likeness (QED) is 0.389. The van der Waals surface area contributed by atoms with E-state index in [1.807, 2.05) is 0 Å². The summed E-state index contributed by atoms with van der Waals surface area (Å²) in [5.74, 6) is 0.656. The minimum atomic E-state index is -0.556. The van der Waals surface area contributed by atoms with Gasteiger partial charge in [-0.15, -0.1) is 0 Å². The normalized spacial score (nSPS) is 10.4. The van der Waals surface area contributed by atoms with Crippen molar-refractivity contribution >= 4 is 5.69 Å². The highest BCUT2D eigenvalue weighted by atomic mass is 16.6. The Bertz CT molecular complexity index is 463. The van der Waals surface area contributed by atoms with Gasteiger partial charge >= 0.3 is 0 Å². The van der Waals surface area contributed by atoms with Gasteiger partial charge in [-0.25, -0.2) is 0 Å². The Balaban J connectivity index is 2.71. The van der Waals surface area contributed by atoms with Crippen LogP contribution in [0, 0.1) is 10.1 Å². The van der Waals surface area contributed by atoms with Crippen molar-refractivity contribution in [3.05, 3.63) is 27.8 Å². The fourth-order valence-electron chi connectivity index (χ4n) is 1.91. The van der Waals surface area contributed by atoms with E-state index in [1.54, 1.807) is 0 Å². The van der Waals surface area contributed by atoms with E-state index in [9.17, 15) is 10.1 Å². The monoisotopic (exact) mass is 299 g/mol. The Morgan fingerprint density at radius 2 is 1.86 bits per heavy atom. The molecule has 0 saturated heterocycles. The van der Waals surface area contributed by atoms with Crippen LogP contribution >= 0.6 is 0 Å². The smallest absolute Gasteiger partial charge is 0.278 e.